The van der Waals surface area contributed by atoms with E-state index in [-0.39, 0.29) is 6.10 Å². The molecule has 7 heteroatoms. The Morgan fingerprint density at radius 3 is 2.47 bits per heavy atom. The van der Waals surface area contributed by atoms with Crippen molar-refractivity contribution in [1.29, 1.82) is 0 Å². The smallest absolute Gasteiger partial charge is 0.407 e. The number of rotatable bonds is 1. The molecule has 1 rings (SSSR count). The predicted octanol–water partition coefficient (Wildman–Crippen LogP) is -0.585. The average Bonchev–Trinajstić information content (AvgIpc) is 2.17. The Kier molecular flexibility index (Phi) is 6.39. The molecule has 0 radical (unpaired) electrons. The minimum atomic E-state index is -0.897. The van der Waals surface area contributed by atoms with E-state index >= 15 is 0 Å². The van der Waals surface area contributed by atoms with Gasteiger partial charge < -0.3 is 25.6 Å². The normalized spacial score (nSPS) is 20.1. The molecular formula is C8H16N2O5. The van der Waals surface area contributed by atoms with Crippen LogP contribution in [0.15, 0.2) is 0 Å². The van der Waals surface area contributed by atoms with Gasteiger partial charge in [0.1, 0.15) is 0 Å². The zero-order valence-electron chi connectivity index (χ0n) is 8.55. The minimum Gasteiger partial charge on any atom is -0.481 e. The van der Waals surface area contributed by atoms with E-state index in [1.165, 1.54) is 4.90 Å². The van der Waals surface area contributed by atoms with Crippen LogP contribution in [0.4, 0.5) is 4.79 Å². The Morgan fingerprint density at radius 1 is 1.53 bits per heavy atom. The van der Waals surface area contributed by atoms with E-state index in [4.69, 9.17) is 25.5 Å². The molecule has 0 aromatic heterocycles. The summed E-state index contributed by atoms with van der Waals surface area (Å²) < 4.78 is 5.18. The van der Waals surface area contributed by atoms with Gasteiger partial charge in [-0.3, -0.25) is 4.79 Å². The lowest BCUT2D eigenvalue weighted by Crippen LogP contribution is -2.47. The van der Waals surface area contributed by atoms with Gasteiger partial charge in [0.05, 0.1) is 19.3 Å². The maximum Gasteiger partial charge on any atom is 0.407 e. The number of nitrogens with two attached hydrogens (primary N) is 1. The van der Waals surface area contributed by atoms with Crippen molar-refractivity contribution in [3.05, 3.63) is 0 Å². The summed E-state index contributed by atoms with van der Waals surface area (Å²) in [6.45, 7) is 2.76. The van der Waals surface area contributed by atoms with Crippen LogP contribution in [0, 0.1) is 0 Å². The lowest BCUT2D eigenvalue weighted by Gasteiger charge is -2.30. The summed E-state index contributed by atoms with van der Waals surface area (Å²) in [7, 11) is 0. The van der Waals surface area contributed by atoms with Gasteiger partial charge in [0, 0.05) is 20.0 Å². The highest BCUT2D eigenvalue weighted by Crippen LogP contribution is 2.03. The monoisotopic (exact) mass is 220 g/mol. The fourth-order valence-electron chi connectivity index (χ4n) is 1.04. The molecule has 7 nitrogen and oxygen atoms in total. The molecule has 1 aliphatic rings. The second-order valence-corrected chi connectivity index (χ2v) is 2.98. The number of morpholine rings is 1. The molecule has 15 heavy (non-hydrogen) atoms. The first kappa shape index (κ1) is 13.7. The van der Waals surface area contributed by atoms with E-state index in [1.807, 2.05) is 0 Å². The van der Waals surface area contributed by atoms with Crippen molar-refractivity contribution in [1.82, 2.24) is 4.90 Å². The van der Waals surface area contributed by atoms with Gasteiger partial charge in [0.2, 0.25) is 0 Å². The van der Waals surface area contributed by atoms with Crippen LogP contribution in [-0.4, -0.2) is 59.5 Å². The lowest BCUT2D eigenvalue weighted by atomic mass is 10.3. The van der Waals surface area contributed by atoms with Crippen LogP contribution in [0.1, 0.15) is 6.92 Å². The molecule has 0 saturated carbocycles. The number of ether oxygens (including phenoxy) is 1. The average molecular weight is 220 g/mol. The van der Waals surface area contributed by atoms with Gasteiger partial charge in [0.15, 0.2) is 0 Å². The zero-order valence-corrected chi connectivity index (χ0v) is 8.55. The molecule has 0 aromatic carbocycles. The van der Waals surface area contributed by atoms with Crippen molar-refractivity contribution in [2.75, 3.05) is 26.2 Å². The van der Waals surface area contributed by atoms with E-state index in [9.17, 15) is 4.79 Å². The number of nitrogens with zero attached hydrogens (tertiary/aromatic N) is 1. The van der Waals surface area contributed by atoms with Gasteiger partial charge in [-0.2, -0.15) is 0 Å². The number of carboxylic acids is 1. The third kappa shape index (κ3) is 6.69. The molecule has 0 aliphatic carbocycles. The second-order valence-electron chi connectivity index (χ2n) is 2.98. The molecule has 0 bridgehead atoms. The van der Waals surface area contributed by atoms with Gasteiger partial charge in [0.25, 0.3) is 5.97 Å². The van der Waals surface area contributed by atoms with Crippen molar-refractivity contribution in [3.63, 3.8) is 0 Å². The van der Waals surface area contributed by atoms with E-state index < -0.39 is 12.1 Å². The van der Waals surface area contributed by atoms with Gasteiger partial charge in [-0.1, -0.05) is 0 Å². The van der Waals surface area contributed by atoms with Crippen LogP contribution >= 0.6 is 0 Å². The zero-order chi connectivity index (χ0) is 11.8. The molecule has 0 aromatic rings. The topological polar surface area (TPSA) is 113 Å². The Hall–Kier alpha value is -1.34. The fourth-order valence-corrected chi connectivity index (χ4v) is 1.04. The molecule has 0 spiro atoms. The highest BCUT2D eigenvalue weighted by Gasteiger charge is 2.22. The number of aliphatic carboxylic acids is 1. The summed E-state index contributed by atoms with van der Waals surface area (Å²) in [5.41, 5.74) is 5.32. The van der Waals surface area contributed by atoms with Crippen molar-refractivity contribution >= 4 is 12.1 Å². The summed E-state index contributed by atoms with van der Waals surface area (Å²) in [6, 6.07) is 0. The second kappa shape index (κ2) is 7.02. The Morgan fingerprint density at radius 2 is 2.07 bits per heavy atom. The number of amides is 1. The van der Waals surface area contributed by atoms with E-state index in [0.29, 0.717) is 26.2 Å². The van der Waals surface area contributed by atoms with Gasteiger partial charge >= 0.3 is 6.09 Å². The Labute approximate surface area is 87.4 Å². The minimum absolute atomic E-state index is 0.125. The number of hydrogen-bond donors (Lipinski definition) is 3. The predicted molar refractivity (Wildman–Crippen MR) is 51.7 cm³/mol. The molecule has 88 valence electrons. The first-order valence-corrected chi connectivity index (χ1v) is 4.46. The number of carboxylic acid groups (broad SMARTS) is 2. The maximum atomic E-state index is 10.4. The summed E-state index contributed by atoms with van der Waals surface area (Å²) in [5.74, 6) is -0.833. The third-order valence-corrected chi connectivity index (χ3v) is 1.67. The van der Waals surface area contributed by atoms with Gasteiger partial charge in [-0.15, -0.1) is 0 Å². The number of carbonyl (C=O) groups is 2. The first-order chi connectivity index (χ1) is 6.97. The summed E-state index contributed by atoms with van der Waals surface area (Å²) >= 11 is 0. The third-order valence-electron chi connectivity index (χ3n) is 1.67. The SMILES string of the molecule is CC(=O)O.NCC1CN(C(=O)O)CCO1. The molecular weight excluding hydrogens is 204 g/mol. The highest BCUT2D eigenvalue weighted by molar-refractivity contribution is 5.65. The molecule has 1 unspecified atom stereocenters. The first-order valence-electron chi connectivity index (χ1n) is 4.46. The largest absolute Gasteiger partial charge is 0.481 e. The highest BCUT2D eigenvalue weighted by atomic mass is 16.5. The van der Waals surface area contributed by atoms with Crippen LogP contribution in [0.25, 0.3) is 0 Å². The Bertz CT molecular complexity index is 217. The van der Waals surface area contributed by atoms with Crippen molar-refractivity contribution in [3.8, 4) is 0 Å². The summed E-state index contributed by atoms with van der Waals surface area (Å²) in [4.78, 5) is 20.8. The standard InChI is InChI=1S/C6H12N2O3.C2H4O2/c7-3-5-4-8(6(9)10)1-2-11-5;1-2(3)4/h5H,1-4,7H2,(H,9,10);1H3,(H,3,4). The summed E-state index contributed by atoms with van der Waals surface area (Å²) in [5, 5.41) is 16.0. The van der Waals surface area contributed by atoms with Crippen molar-refractivity contribution in [2.24, 2.45) is 5.73 Å². The quantitative estimate of drug-likeness (QED) is 0.544. The molecule has 1 atom stereocenters. The van der Waals surface area contributed by atoms with E-state index in [1.54, 1.807) is 0 Å². The van der Waals surface area contributed by atoms with Crippen molar-refractivity contribution < 1.29 is 24.5 Å². The van der Waals surface area contributed by atoms with Gasteiger partial charge in [-0.05, 0) is 0 Å². The lowest BCUT2D eigenvalue weighted by molar-refractivity contribution is -0.134. The van der Waals surface area contributed by atoms with E-state index in [2.05, 4.69) is 0 Å². The maximum absolute atomic E-state index is 10.4. The van der Waals surface area contributed by atoms with Crippen LogP contribution in [0.5, 0.6) is 0 Å². The van der Waals surface area contributed by atoms with Crippen LogP contribution < -0.4 is 5.73 Å². The number of hydrogen-bond acceptors (Lipinski definition) is 4. The van der Waals surface area contributed by atoms with Crippen molar-refractivity contribution in [2.45, 2.75) is 13.0 Å². The van der Waals surface area contributed by atoms with Crippen LogP contribution in [-0.2, 0) is 9.53 Å². The van der Waals surface area contributed by atoms with Gasteiger partial charge in [-0.25, -0.2) is 4.79 Å². The molecule has 1 aliphatic heterocycles. The summed E-state index contributed by atoms with van der Waals surface area (Å²) in [6.07, 6.45) is -1.02. The van der Waals surface area contributed by atoms with E-state index in [0.717, 1.165) is 6.92 Å². The molecule has 1 fully saturated rings. The van der Waals surface area contributed by atoms with Crippen LogP contribution in [0.2, 0.25) is 0 Å². The Balaban J connectivity index is 0.000000423. The molecule has 1 saturated heterocycles. The molecule has 1 amide bonds. The molecule has 4 N–H and O–H groups in total. The fraction of sp³-hybridized carbons (Fsp3) is 0.750. The molecule has 1 heterocycles. The van der Waals surface area contributed by atoms with Crippen LogP contribution in [0.3, 0.4) is 0 Å².